The van der Waals surface area contributed by atoms with Gasteiger partial charge in [-0.05, 0) is 26.2 Å². The summed E-state index contributed by atoms with van der Waals surface area (Å²) in [5.41, 5.74) is 0.776. The number of anilines is 1. The van der Waals surface area contributed by atoms with Crippen LogP contribution in [0.1, 0.15) is 62.1 Å². The topological polar surface area (TPSA) is 84.7 Å². The smallest absolute Gasteiger partial charge is 0.356 e. The highest BCUT2D eigenvalue weighted by molar-refractivity contribution is 5.98. The molecule has 2 aliphatic rings. The minimum absolute atomic E-state index is 0.0372. The maximum Gasteiger partial charge on any atom is 0.356 e. The van der Waals surface area contributed by atoms with Crippen molar-refractivity contribution in [3.8, 4) is 0 Å². The van der Waals surface area contributed by atoms with E-state index in [1.54, 1.807) is 9.58 Å². The summed E-state index contributed by atoms with van der Waals surface area (Å²) in [5, 5.41) is 13.7. The highest BCUT2D eigenvalue weighted by Gasteiger charge is 2.35. The molecule has 0 atom stereocenters. The van der Waals surface area contributed by atoms with E-state index < -0.39 is 5.97 Å². The van der Waals surface area contributed by atoms with Gasteiger partial charge in [0.25, 0.3) is 0 Å². The Morgan fingerprint density at radius 2 is 1.96 bits per heavy atom. The van der Waals surface area contributed by atoms with Gasteiger partial charge < -0.3 is 9.84 Å². The predicted molar refractivity (Wildman–Crippen MR) is 86.0 cm³/mol. The minimum atomic E-state index is -1.03. The van der Waals surface area contributed by atoms with Crippen molar-refractivity contribution in [2.24, 2.45) is 0 Å². The molecule has 0 unspecified atom stereocenters. The predicted octanol–water partition coefficient (Wildman–Crippen LogP) is 2.26. The number of nitrogens with zero attached hydrogens (tertiary/aromatic N) is 3. The molecule has 0 saturated carbocycles. The second kappa shape index (κ2) is 7.59. The van der Waals surface area contributed by atoms with Crippen molar-refractivity contribution >= 4 is 17.7 Å². The van der Waals surface area contributed by atoms with Crippen molar-refractivity contribution in [2.75, 3.05) is 24.7 Å². The molecule has 0 bridgehead atoms. The zero-order valence-corrected chi connectivity index (χ0v) is 14.0. The first kappa shape index (κ1) is 17.5. The first-order valence-corrected chi connectivity index (χ1v) is 8.36. The van der Waals surface area contributed by atoms with Gasteiger partial charge in [0.1, 0.15) is 5.82 Å². The highest BCUT2D eigenvalue weighted by Crippen LogP contribution is 2.35. The highest BCUT2D eigenvalue weighted by atomic mass is 16.5. The van der Waals surface area contributed by atoms with E-state index in [-0.39, 0.29) is 17.6 Å². The Bertz CT molecular complexity index is 576. The third-order valence-corrected chi connectivity index (χ3v) is 4.18. The van der Waals surface area contributed by atoms with E-state index in [2.05, 4.69) is 5.10 Å². The van der Waals surface area contributed by atoms with Crippen LogP contribution < -0.4 is 4.90 Å². The van der Waals surface area contributed by atoms with Crippen LogP contribution in [-0.4, -0.2) is 46.5 Å². The maximum atomic E-state index is 12.1. The second-order valence-corrected chi connectivity index (χ2v) is 5.38. The summed E-state index contributed by atoms with van der Waals surface area (Å²) >= 11 is 0. The summed E-state index contributed by atoms with van der Waals surface area (Å²) in [7, 11) is 0. The van der Waals surface area contributed by atoms with Gasteiger partial charge in [-0.25, -0.2) is 9.48 Å². The number of carbonyl (C=O) groups is 2. The lowest BCUT2D eigenvalue weighted by Gasteiger charge is -2.31. The number of amides is 1. The maximum absolute atomic E-state index is 12.1. The molecule has 1 N–H and O–H groups in total. The summed E-state index contributed by atoms with van der Waals surface area (Å²) in [5.74, 6) is -0.310. The van der Waals surface area contributed by atoms with Gasteiger partial charge in [-0.3, -0.25) is 9.69 Å². The molecular formula is C16H25N3O4. The molecule has 7 heteroatoms. The van der Waals surface area contributed by atoms with E-state index in [1.165, 1.54) is 0 Å². The van der Waals surface area contributed by atoms with Crippen molar-refractivity contribution in [2.45, 2.75) is 52.5 Å². The van der Waals surface area contributed by atoms with Crippen LogP contribution in [0.25, 0.3) is 0 Å². The number of carbonyl (C=O) groups excluding carboxylic acids is 1. The Balaban J connectivity index is 0.000000924. The van der Waals surface area contributed by atoms with Crippen molar-refractivity contribution < 1.29 is 19.4 Å². The first-order chi connectivity index (χ1) is 11.1. The lowest BCUT2D eigenvalue weighted by molar-refractivity contribution is -0.118. The molecule has 128 valence electrons. The van der Waals surface area contributed by atoms with Gasteiger partial charge in [0.05, 0.1) is 6.04 Å². The van der Waals surface area contributed by atoms with Crippen molar-refractivity contribution in [3.63, 3.8) is 0 Å². The summed E-state index contributed by atoms with van der Waals surface area (Å²) in [6.07, 6.45) is 2.38. The molecule has 0 radical (unpaired) electrons. The number of hydrogen-bond acceptors (Lipinski definition) is 4. The Hall–Kier alpha value is -1.89. The van der Waals surface area contributed by atoms with Gasteiger partial charge in [-0.2, -0.15) is 5.10 Å². The molecule has 0 aromatic carbocycles. The molecule has 1 aromatic heterocycles. The van der Waals surface area contributed by atoms with Crippen molar-refractivity contribution in [1.82, 2.24) is 9.78 Å². The molecule has 7 nitrogen and oxygen atoms in total. The molecule has 1 saturated heterocycles. The quantitative estimate of drug-likeness (QED) is 0.922. The van der Waals surface area contributed by atoms with Crippen LogP contribution in [0.2, 0.25) is 0 Å². The zero-order valence-electron chi connectivity index (χ0n) is 14.0. The molecule has 1 aromatic rings. The first-order valence-electron chi connectivity index (χ1n) is 8.36. The monoisotopic (exact) mass is 323 g/mol. The van der Waals surface area contributed by atoms with Crippen LogP contribution in [0.15, 0.2) is 0 Å². The van der Waals surface area contributed by atoms with E-state index in [9.17, 15) is 14.7 Å². The van der Waals surface area contributed by atoms with Gasteiger partial charge in [0, 0.05) is 31.7 Å². The van der Waals surface area contributed by atoms with Crippen LogP contribution in [-0.2, 0) is 16.0 Å². The fourth-order valence-corrected chi connectivity index (χ4v) is 3.14. The van der Waals surface area contributed by atoms with E-state index >= 15 is 0 Å². The molecule has 23 heavy (non-hydrogen) atoms. The van der Waals surface area contributed by atoms with Crippen molar-refractivity contribution in [3.05, 3.63) is 11.3 Å². The number of carboxylic acids is 1. The fraction of sp³-hybridized carbons (Fsp3) is 0.688. The minimum Gasteiger partial charge on any atom is -0.476 e. The fourth-order valence-electron chi connectivity index (χ4n) is 3.14. The third kappa shape index (κ3) is 3.24. The molecule has 3 rings (SSSR count). The van der Waals surface area contributed by atoms with E-state index in [0.717, 1.165) is 12.8 Å². The standard InChI is InChI=1S/C14H19N3O4.C2H6/c1-2-16-11(18)4-3-10-12(14(19)20)15-17(13(10)16)9-5-7-21-8-6-9;1-2/h9H,2-8H2,1H3,(H,19,20);1-2H3. The third-order valence-electron chi connectivity index (χ3n) is 4.18. The second-order valence-electron chi connectivity index (χ2n) is 5.38. The average Bonchev–Trinajstić information content (AvgIpc) is 2.97. The number of hydrogen-bond donors (Lipinski definition) is 1. The van der Waals surface area contributed by atoms with Gasteiger partial charge in [0.2, 0.25) is 5.91 Å². The lowest BCUT2D eigenvalue weighted by atomic mass is 10.0. The number of carboxylic acid groups (broad SMARTS) is 1. The number of aromatic nitrogens is 2. The molecule has 1 amide bonds. The Kier molecular flexibility index (Phi) is 5.76. The molecule has 0 aliphatic carbocycles. The number of ether oxygens (including phenoxy) is 1. The van der Waals surface area contributed by atoms with E-state index in [4.69, 9.17) is 4.74 Å². The van der Waals surface area contributed by atoms with Crippen LogP contribution in [0, 0.1) is 0 Å². The summed E-state index contributed by atoms with van der Waals surface area (Å²) < 4.78 is 7.11. The van der Waals surface area contributed by atoms with E-state index in [1.807, 2.05) is 20.8 Å². The molecule has 0 spiro atoms. The molecule has 2 aliphatic heterocycles. The van der Waals surface area contributed by atoms with Gasteiger partial charge >= 0.3 is 5.97 Å². The lowest BCUT2D eigenvalue weighted by Crippen LogP contribution is -2.37. The van der Waals surface area contributed by atoms with Crippen molar-refractivity contribution in [1.29, 1.82) is 0 Å². The van der Waals surface area contributed by atoms with Crippen LogP contribution in [0.4, 0.5) is 5.82 Å². The molecule has 1 fully saturated rings. The SMILES string of the molecule is CC.CCN1C(=O)CCc2c(C(=O)O)nn(C3CCOCC3)c21. The Labute approximate surface area is 136 Å². The number of fused-ring (bicyclic) bond motifs is 1. The largest absolute Gasteiger partial charge is 0.476 e. The Morgan fingerprint density at radius 3 is 2.52 bits per heavy atom. The molecular weight excluding hydrogens is 298 g/mol. The Morgan fingerprint density at radius 1 is 1.30 bits per heavy atom. The zero-order chi connectivity index (χ0) is 17.0. The van der Waals surface area contributed by atoms with Gasteiger partial charge in [-0.1, -0.05) is 13.8 Å². The van der Waals surface area contributed by atoms with Crippen LogP contribution in [0.3, 0.4) is 0 Å². The number of rotatable bonds is 3. The van der Waals surface area contributed by atoms with E-state index in [0.29, 0.717) is 44.0 Å². The van der Waals surface area contributed by atoms with Crippen LogP contribution >= 0.6 is 0 Å². The summed E-state index contributed by atoms with van der Waals surface area (Å²) in [6, 6.07) is 0.0977. The summed E-state index contributed by atoms with van der Waals surface area (Å²) in [6.45, 7) is 7.71. The average molecular weight is 323 g/mol. The van der Waals surface area contributed by atoms with Gasteiger partial charge in [0.15, 0.2) is 5.69 Å². The van der Waals surface area contributed by atoms with Crippen LogP contribution in [0.5, 0.6) is 0 Å². The normalized spacial score (nSPS) is 18.2. The summed E-state index contributed by atoms with van der Waals surface area (Å²) in [4.78, 5) is 25.2. The number of aromatic carboxylic acids is 1. The van der Waals surface area contributed by atoms with Gasteiger partial charge in [-0.15, -0.1) is 0 Å². The molecule has 3 heterocycles.